The van der Waals surface area contributed by atoms with Crippen LogP contribution in [0.15, 0.2) is 11.6 Å². The third-order valence-electron chi connectivity index (χ3n) is 2.33. The Bertz CT molecular complexity index is 228. The van der Waals surface area contributed by atoms with Gasteiger partial charge in [0.1, 0.15) is 0 Å². The van der Waals surface area contributed by atoms with Crippen molar-refractivity contribution in [2.45, 2.75) is 38.2 Å². The van der Waals surface area contributed by atoms with Crippen LogP contribution in [0.1, 0.15) is 32.6 Å². The van der Waals surface area contributed by atoms with Crippen LogP contribution in [0.2, 0.25) is 0 Å². The largest absolute Gasteiger partial charge is 0.467 e. The van der Waals surface area contributed by atoms with Crippen LogP contribution in [-0.2, 0) is 9.53 Å². The fourth-order valence-electron chi connectivity index (χ4n) is 1.63. The number of esters is 1. The van der Waals surface area contributed by atoms with Crippen molar-refractivity contribution >= 4 is 5.97 Å². The van der Waals surface area contributed by atoms with Crippen LogP contribution in [-0.4, -0.2) is 23.8 Å². The van der Waals surface area contributed by atoms with Crippen molar-refractivity contribution in [3.05, 3.63) is 11.6 Å². The molecule has 74 valence electrons. The van der Waals surface area contributed by atoms with Gasteiger partial charge in [-0.2, -0.15) is 0 Å². The normalized spacial score (nSPS) is 20.7. The average molecular weight is 184 g/mol. The molecule has 3 heteroatoms. The molecule has 0 spiro atoms. The first-order valence-electron chi connectivity index (χ1n) is 4.55. The highest BCUT2D eigenvalue weighted by Crippen LogP contribution is 2.26. The Morgan fingerprint density at radius 3 is 2.92 bits per heavy atom. The summed E-state index contributed by atoms with van der Waals surface area (Å²) in [5.74, 6) is -0.555. The van der Waals surface area contributed by atoms with Gasteiger partial charge in [-0.25, -0.2) is 4.79 Å². The molecule has 0 unspecified atom stereocenters. The second kappa shape index (κ2) is 3.92. The summed E-state index contributed by atoms with van der Waals surface area (Å²) in [6, 6.07) is 0. The molecule has 3 nitrogen and oxygen atoms in total. The topological polar surface area (TPSA) is 46.5 Å². The molecule has 0 aromatic carbocycles. The fraction of sp³-hybridized carbons (Fsp3) is 0.700. The van der Waals surface area contributed by atoms with Crippen LogP contribution < -0.4 is 0 Å². The zero-order valence-corrected chi connectivity index (χ0v) is 8.17. The van der Waals surface area contributed by atoms with Crippen LogP contribution in [0.25, 0.3) is 0 Å². The van der Waals surface area contributed by atoms with E-state index in [2.05, 4.69) is 10.8 Å². The Hall–Kier alpha value is -0.830. The molecule has 0 aliphatic heterocycles. The maximum Gasteiger partial charge on any atom is 0.337 e. The van der Waals surface area contributed by atoms with Gasteiger partial charge in [-0.3, -0.25) is 0 Å². The Morgan fingerprint density at radius 1 is 1.77 bits per heavy atom. The van der Waals surface area contributed by atoms with Crippen LogP contribution in [0.4, 0.5) is 0 Å². The van der Waals surface area contributed by atoms with Crippen LogP contribution >= 0.6 is 0 Å². The van der Waals surface area contributed by atoms with Crippen LogP contribution in [0.3, 0.4) is 0 Å². The molecule has 0 heterocycles. The minimum Gasteiger partial charge on any atom is -0.467 e. The number of allylic oxidation sites excluding steroid dienone is 1. The summed E-state index contributed by atoms with van der Waals surface area (Å²) in [4.78, 5) is 11.1. The maximum absolute atomic E-state index is 11.1. The second-order valence-corrected chi connectivity index (χ2v) is 3.70. The molecule has 1 aliphatic carbocycles. The average Bonchev–Trinajstić information content (AvgIpc) is 2.54. The molecule has 0 radical (unpaired) electrons. The molecule has 0 aromatic rings. The lowest BCUT2D eigenvalue weighted by atomic mass is 9.96. The van der Waals surface area contributed by atoms with Gasteiger partial charge in [0, 0.05) is 6.42 Å². The minimum absolute atomic E-state index is 0.402. The number of carbonyl (C=O) groups is 1. The van der Waals surface area contributed by atoms with Crippen molar-refractivity contribution in [1.82, 2.24) is 0 Å². The molecule has 1 rings (SSSR count). The smallest absolute Gasteiger partial charge is 0.337 e. The van der Waals surface area contributed by atoms with Crippen LogP contribution in [0, 0.1) is 0 Å². The molecule has 1 aliphatic rings. The predicted molar refractivity (Wildman–Crippen MR) is 49.2 cm³/mol. The second-order valence-electron chi connectivity index (χ2n) is 3.70. The summed E-state index contributed by atoms with van der Waals surface area (Å²) in [6.07, 6.45) is 5.68. The number of carbonyl (C=O) groups excluding carboxylic acids is 1. The molecule has 1 N–H and O–H groups in total. The van der Waals surface area contributed by atoms with E-state index in [1.807, 2.05) is 0 Å². The van der Waals surface area contributed by atoms with Crippen molar-refractivity contribution < 1.29 is 14.6 Å². The lowest BCUT2D eigenvalue weighted by Crippen LogP contribution is -2.36. The third-order valence-corrected chi connectivity index (χ3v) is 2.33. The van der Waals surface area contributed by atoms with E-state index in [-0.39, 0.29) is 0 Å². The predicted octanol–water partition coefficient (Wildman–Crippen LogP) is 1.41. The molecule has 1 atom stereocenters. The van der Waals surface area contributed by atoms with Gasteiger partial charge in [0.2, 0.25) is 0 Å². The quantitative estimate of drug-likeness (QED) is 0.533. The van der Waals surface area contributed by atoms with E-state index < -0.39 is 11.6 Å². The fourth-order valence-corrected chi connectivity index (χ4v) is 1.63. The number of methoxy groups -OCH3 is 1. The highest BCUT2D eigenvalue weighted by atomic mass is 16.5. The summed E-state index contributed by atoms with van der Waals surface area (Å²) in [5, 5.41) is 9.73. The van der Waals surface area contributed by atoms with Crippen molar-refractivity contribution in [3.8, 4) is 0 Å². The standard InChI is InChI=1S/C10H16O3/c1-10(12,9(11)13-2)7-8-5-3-4-6-8/h5,12H,3-4,6-7H2,1-2H3/t10-/m1/s1. The summed E-state index contributed by atoms with van der Waals surface area (Å²) < 4.78 is 4.51. The molecule has 0 aromatic heterocycles. The van der Waals surface area contributed by atoms with E-state index in [0.717, 1.165) is 24.8 Å². The number of hydrogen-bond acceptors (Lipinski definition) is 3. The minimum atomic E-state index is -1.36. The number of aliphatic hydroxyl groups is 1. The Labute approximate surface area is 78.4 Å². The molecular weight excluding hydrogens is 168 g/mol. The van der Waals surface area contributed by atoms with E-state index in [4.69, 9.17) is 0 Å². The maximum atomic E-state index is 11.1. The SMILES string of the molecule is COC(=O)[C@](C)(O)CC1=CCCC1. The molecule has 0 bridgehead atoms. The van der Waals surface area contributed by atoms with Gasteiger partial charge in [-0.15, -0.1) is 0 Å². The highest BCUT2D eigenvalue weighted by Gasteiger charge is 2.32. The molecule has 13 heavy (non-hydrogen) atoms. The zero-order chi connectivity index (χ0) is 9.90. The molecule has 0 amide bonds. The van der Waals surface area contributed by atoms with Crippen molar-refractivity contribution in [1.29, 1.82) is 0 Å². The van der Waals surface area contributed by atoms with Crippen molar-refractivity contribution in [2.24, 2.45) is 0 Å². The first kappa shape index (κ1) is 10.3. The first-order chi connectivity index (χ1) is 6.06. The lowest BCUT2D eigenvalue weighted by molar-refractivity contribution is -0.160. The van der Waals surface area contributed by atoms with Gasteiger partial charge < -0.3 is 9.84 Å². The van der Waals surface area contributed by atoms with Gasteiger partial charge in [0.05, 0.1) is 7.11 Å². The Balaban J connectivity index is 2.55. The van der Waals surface area contributed by atoms with Crippen molar-refractivity contribution in [2.75, 3.05) is 7.11 Å². The third kappa shape index (κ3) is 2.56. The molecule has 0 fully saturated rings. The van der Waals surface area contributed by atoms with Gasteiger partial charge in [-0.05, 0) is 26.2 Å². The number of ether oxygens (including phenoxy) is 1. The Kier molecular flexibility index (Phi) is 3.09. The van der Waals surface area contributed by atoms with Crippen molar-refractivity contribution in [3.63, 3.8) is 0 Å². The molecule has 0 saturated carbocycles. The highest BCUT2D eigenvalue weighted by molar-refractivity contribution is 5.79. The Morgan fingerprint density at radius 2 is 2.46 bits per heavy atom. The number of hydrogen-bond donors (Lipinski definition) is 1. The summed E-state index contributed by atoms with van der Waals surface area (Å²) in [5.41, 5.74) is -0.194. The van der Waals surface area contributed by atoms with E-state index in [0.29, 0.717) is 6.42 Å². The first-order valence-corrected chi connectivity index (χ1v) is 4.55. The van der Waals surface area contributed by atoms with Gasteiger partial charge in [0.15, 0.2) is 5.60 Å². The van der Waals surface area contributed by atoms with Crippen LogP contribution in [0.5, 0.6) is 0 Å². The summed E-state index contributed by atoms with van der Waals surface area (Å²) in [7, 11) is 1.29. The lowest BCUT2D eigenvalue weighted by Gasteiger charge is -2.20. The van der Waals surface area contributed by atoms with E-state index in [9.17, 15) is 9.90 Å². The van der Waals surface area contributed by atoms with Gasteiger partial charge >= 0.3 is 5.97 Å². The van der Waals surface area contributed by atoms with E-state index in [1.165, 1.54) is 14.0 Å². The summed E-state index contributed by atoms with van der Waals surface area (Å²) in [6.45, 7) is 1.50. The monoisotopic (exact) mass is 184 g/mol. The summed E-state index contributed by atoms with van der Waals surface area (Å²) >= 11 is 0. The number of rotatable bonds is 3. The molecule has 0 saturated heterocycles. The van der Waals surface area contributed by atoms with E-state index in [1.54, 1.807) is 0 Å². The van der Waals surface area contributed by atoms with Gasteiger partial charge in [-0.1, -0.05) is 11.6 Å². The molecular formula is C10H16O3. The van der Waals surface area contributed by atoms with Gasteiger partial charge in [0.25, 0.3) is 0 Å². The van der Waals surface area contributed by atoms with E-state index >= 15 is 0 Å². The zero-order valence-electron chi connectivity index (χ0n) is 8.17.